The van der Waals surface area contributed by atoms with Crippen LogP contribution in [0.2, 0.25) is 0 Å². The maximum Gasteiger partial charge on any atom is 0.0596 e. The predicted octanol–water partition coefficient (Wildman–Crippen LogP) is 1.28. The molecule has 2 heteroatoms. The molecule has 2 saturated carbocycles. The highest BCUT2D eigenvalue weighted by atomic mass is 16.3. The van der Waals surface area contributed by atoms with Crippen LogP contribution in [0.3, 0.4) is 0 Å². The number of aliphatic hydroxyl groups is 1. The molecule has 0 amide bonds. The van der Waals surface area contributed by atoms with Gasteiger partial charge in [0, 0.05) is 0 Å². The van der Waals surface area contributed by atoms with Crippen molar-refractivity contribution < 1.29 is 5.11 Å². The summed E-state index contributed by atoms with van der Waals surface area (Å²) in [5, 5.41) is 9.04. The summed E-state index contributed by atoms with van der Waals surface area (Å²) in [7, 11) is 0. The summed E-state index contributed by atoms with van der Waals surface area (Å²) < 4.78 is 0. The van der Waals surface area contributed by atoms with E-state index in [9.17, 15) is 0 Å². The van der Waals surface area contributed by atoms with Crippen molar-refractivity contribution in [2.24, 2.45) is 11.1 Å². The van der Waals surface area contributed by atoms with Gasteiger partial charge in [0.05, 0.1) is 6.10 Å². The number of hydrogen-bond acceptors (Lipinski definition) is 2. The first-order valence-electron chi connectivity index (χ1n) is 4.63. The number of aliphatic hydroxyl groups excluding tert-OH is 1. The van der Waals surface area contributed by atoms with Crippen molar-refractivity contribution in [1.29, 1.82) is 0 Å². The van der Waals surface area contributed by atoms with Crippen LogP contribution in [-0.4, -0.2) is 17.8 Å². The van der Waals surface area contributed by atoms with Gasteiger partial charge in [0.1, 0.15) is 0 Å². The number of hydrogen-bond donors (Lipinski definition) is 2. The summed E-state index contributed by atoms with van der Waals surface area (Å²) in [4.78, 5) is 0. The smallest absolute Gasteiger partial charge is 0.0596 e. The van der Waals surface area contributed by atoms with E-state index in [-0.39, 0.29) is 6.10 Å². The predicted molar refractivity (Wildman–Crippen MR) is 46.3 cm³/mol. The second-order valence-corrected chi connectivity index (χ2v) is 3.71. The quantitative estimate of drug-likeness (QED) is 0.602. The average molecular weight is 157 g/mol. The SMILES string of the molecule is CCCN.OC1CCC12CC2. The molecule has 2 aliphatic rings. The van der Waals surface area contributed by atoms with E-state index >= 15 is 0 Å². The molecule has 1 spiro atoms. The summed E-state index contributed by atoms with van der Waals surface area (Å²) >= 11 is 0. The summed E-state index contributed by atoms with van der Waals surface area (Å²) in [5.41, 5.74) is 5.51. The molecule has 0 saturated heterocycles. The van der Waals surface area contributed by atoms with Gasteiger partial charge in [-0.15, -0.1) is 0 Å². The fraction of sp³-hybridized carbons (Fsp3) is 1.00. The van der Waals surface area contributed by atoms with E-state index in [0.717, 1.165) is 19.4 Å². The Hall–Kier alpha value is -0.0800. The molecule has 2 rings (SSSR count). The second-order valence-electron chi connectivity index (χ2n) is 3.71. The van der Waals surface area contributed by atoms with E-state index in [1.165, 1.54) is 19.3 Å². The van der Waals surface area contributed by atoms with Crippen molar-refractivity contribution in [3.05, 3.63) is 0 Å². The Morgan fingerprint density at radius 3 is 2.00 bits per heavy atom. The van der Waals surface area contributed by atoms with Crippen molar-refractivity contribution in [3.63, 3.8) is 0 Å². The van der Waals surface area contributed by atoms with E-state index in [1.54, 1.807) is 0 Å². The molecule has 0 bridgehead atoms. The maximum absolute atomic E-state index is 9.04. The Kier molecular flexibility index (Phi) is 2.90. The van der Waals surface area contributed by atoms with Gasteiger partial charge in [-0.2, -0.15) is 0 Å². The van der Waals surface area contributed by atoms with E-state index in [4.69, 9.17) is 10.8 Å². The molecule has 0 aromatic heterocycles. The van der Waals surface area contributed by atoms with Gasteiger partial charge in [0.15, 0.2) is 0 Å². The summed E-state index contributed by atoms with van der Waals surface area (Å²) in [5.74, 6) is 0. The normalized spacial score (nSPS) is 30.3. The molecule has 0 aromatic rings. The first-order chi connectivity index (χ1) is 5.25. The lowest BCUT2D eigenvalue weighted by Crippen LogP contribution is -2.32. The maximum atomic E-state index is 9.04. The van der Waals surface area contributed by atoms with Gasteiger partial charge in [-0.05, 0) is 44.1 Å². The van der Waals surface area contributed by atoms with E-state index < -0.39 is 0 Å². The Balaban J connectivity index is 0.000000134. The molecule has 1 unspecified atom stereocenters. The molecule has 3 N–H and O–H groups in total. The van der Waals surface area contributed by atoms with Gasteiger partial charge in [0.25, 0.3) is 0 Å². The molecule has 2 aliphatic carbocycles. The van der Waals surface area contributed by atoms with Crippen LogP contribution < -0.4 is 5.73 Å². The van der Waals surface area contributed by atoms with Crippen LogP contribution in [0.15, 0.2) is 0 Å². The monoisotopic (exact) mass is 157 g/mol. The molecule has 0 aliphatic heterocycles. The van der Waals surface area contributed by atoms with Crippen LogP contribution in [0.25, 0.3) is 0 Å². The van der Waals surface area contributed by atoms with Gasteiger partial charge < -0.3 is 10.8 Å². The lowest BCUT2D eigenvalue weighted by Gasteiger charge is -2.32. The van der Waals surface area contributed by atoms with E-state index in [2.05, 4.69) is 6.92 Å². The molecule has 1 atom stereocenters. The van der Waals surface area contributed by atoms with Crippen LogP contribution in [0, 0.1) is 5.41 Å². The van der Waals surface area contributed by atoms with Gasteiger partial charge in [-0.3, -0.25) is 0 Å². The van der Waals surface area contributed by atoms with Crippen molar-refractivity contribution >= 4 is 0 Å². The molecule has 0 radical (unpaired) electrons. The van der Waals surface area contributed by atoms with Crippen molar-refractivity contribution in [2.75, 3.05) is 6.54 Å². The molecule has 11 heavy (non-hydrogen) atoms. The zero-order valence-corrected chi connectivity index (χ0v) is 7.34. The van der Waals surface area contributed by atoms with Crippen LogP contribution >= 0.6 is 0 Å². The summed E-state index contributed by atoms with van der Waals surface area (Å²) in [6.45, 7) is 2.88. The van der Waals surface area contributed by atoms with Crippen LogP contribution in [0.1, 0.15) is 39.0 Å². The second kappa shape index (κ2) is 3.55. The largest absolute Gasteiger partial charge is 0.393 e. The highest BCUT2D eigenvalue weighted by molar-refractivity contribution is 5.05. The highest BCUT2D eigenvalue weighted by Gasteiger charge is 2.54. The van der Waals surface area contributed by atoms with Crippen molar-refractivity contribution in [1.82, 2.24) is 0 Å². The minimum Gasteiger partial charge on any atom is -0.393 e. The molecular formula is C9H19NO. The minimum absolute atomic E-state index is 0.0903. The standard InChI is InChI=1S/C6H10O.C3H9N/c7-5-1-2-6(5)3-4-6;1-2-3-4/h5,7H,1-4H2;2-4H2,1H3. The Morgan fingerprint density at radius 1 is 1.45 bits per heavy atom. The van der Waals surface area contributed by atoms with Gasteiger partial charge in [-0.1, -0.05) is 6.92 Å². The average Bonchev–Trinajstić information content (AvgIpc) is 2.83. The molecule has 2 fully saturated rings. The molecule has 0 heterocycles. The van der Waals surface area contributed by atoms with E-state index in [1.807, 2.05) is 0 Å². The summed E-state index contributed by atoms with van der Waals surface area (Å²) in [6, 6.07) is 0. The lowest BCUT2D eigenvalue weighted by molar-refractivity contribution is 0.00604. The van der Waals surface area contributed by atoms with Crippen LogP contribution in [0.5, 0.6) is 0 Å². The minimum atomic E-state index is 0.0903. The lowest BCUT2D eigenvalue weighted by atomic mass is 9.79. The van der Waals surface area contributed by atoms with Gasteiger partial charge in [-0.25, -0.2) is 0 Å². The number of rotatable bonds is 1. The molecule has 0 aromatic carbocycles. The highest BCUT2D eigenvalue weighted by Crippen LogP contribution is 2.60. The van der Waals surface area contributed by atoms with Gasteiger partial charge in [0.2, 0.25) is 0 Å². The Morgan fingerprint density at radius 2 is 2.00 bits per heavy atom. The fourth-order valence-electron chi connectivity index (χ4n) is 1.43. The van der Waals surface area contributed by atoms with Crippen molar-refractivity contribution in [3.8, 4) is 0 Å². The molecular weight excluding hydrogens is 138 g/mol. The fourth-order valence-corrected chi connectivity index (χ4v) is 1.43. The Labute approximate surface area is 68.8 Å². The van der Waals surface area contributed by atoms with Gasteiger partial charge >= 0.3 is 0 Å². The summed E-state index contributed by atoms with van der Waals surface area (Å²) in [6.07, 6.45) is 6.16. The first kappa shape index (κ1) is 9.01. The number of nitrogens with two attached hydrogens (primary N) is 1. The topological polar surface area (TPSA) is 46.2 Å². The van der Waals surface area contributed by atoms with Crippen LogP contribution in [-0.2, 0) is 0 Å². The zero-order valence-electron chi connectivity index (χ0n) is 7.34. The molecule has 2 nitrogen and oxygen atoms in total. The Bertz CT molecular complexity index is 119. The van der Waals surface area contributed by atoms with Crippen molar-refractivity contribution in [2.45, 2.75) is 45.1 Å². The molecule has 66 valence electrons. The third-order valence-electron chi connectivity index (χ3n) is 2.80. The van der Waals surface area contributed by atoms with E-state index in [0.29, 0.717) is 5.41 Å². The first-order valence-corrected chi connectivity index (χ1v) is 4.63. The van der Waals surface area contributed by atoms with Crippen LogP contribution in [0.4, 0.5) is 0 Å². The third-order valence-corrected chi connectivity index (χ3v) is 2.80. The zero-order chi connectivity index (χ0) is 8.32. The third kappa shape index (κ3) is 1.94.